The van der Waals surface area contributed by atoms with Gasteiger partial charge in [-0.25, -0.2) is 8.78 Å². The first kappa shape index (κ1) is 38.1. The van der Waals surface area contributed by atoms with Gasteiger partial charge in [-0.2, -0.15) is 25.8 Å². The SMILES string of the molecule is CC(C)c1nc2c(c(C3=CCC(F)(F)CC3)c1[C@@H](O)c1ccc(C(F)(F)F)cn1)C(O)CC(C)(C)C2.CCC(C)(C)C.CS. The fourth-order valence-corrected chi connectivity index (χ4v) is 5.29. The molecular formula is C34H49F5N2O2S. The van der Waals surface area contributed by atoms with E-state index in [1.807, 2.05) is 27.7 Å². The minimum Gasteiger partial charge on any atom is -0.388 e. The van der Waals surface area contributed by atoms with Crippen molar-refractivity contribution in [1.29, 1.82) is 0 Å². The summed E-state index contributed by atoms with van der Waals surface area (Å²) in [5.74, 6) is -3.03. The molecular weight excluding hydrogens is 595 g/mol. The van der Waals surface area contributed by atoms with Gasteiger partial charge in [-0.1, -0.05) is 67.9 Å². The third kappa shape index (κ3) is 9.73. The van der Waals surface area contributed by atoms with E-state index in [9.17, 15) is 32.2 Å². The Labute approximate surface area is 265 Å². The normalized spacial score (nSPS) is 20.0. The minimum atomic E-state index is -4.58. The van der Waals surface area contributed by atoms with Gasteiger partial charge in [0.25, 0.3) is 5.92 Å². The number of pyridine rings is 2. The topological polar surface area (TPSA) is 66.2 Å². The van der Waals surface area contributed by atoms with Crippen molar-refractivity contribution < 1.29 is 32.2 Å². The van der Waals surface area contributed by atoms with Crippen LogP contribution < -0.4 is 0 Å². The van der Waals surface area contributed by atoms with Gasteiger partial charge >= 0.3 is 6.18 Å². The second-order valence-corrected chi connectivity index (χ2v) is 13.9. The van der Waals surface area contributed by atoms with E-state index in [2.05, 4.69) is 45.3 Å². The number of alkyl halides is 5. The Morgan fingerprint density at radius 2 is 1.68 bits per heavy atom. The van der Waals surface area contributed by atoms with Crippen LogP contribution in [0.1, 0.15) is 145 Å². The summed E-state index contributed by atoms with van der Waals surface area (Å²) in [4.78, 5) is 8.73. The highest BCUT2D eigenvalue weighted by atomic mass is 32.1. The van der Waals surface area contributed by atoms with E-state index in [0.29, 0.717) is 58.1 Å². The number of aromatic nitrogens is 2. The lowest BCUT2D eigenvalue weighted by atomic mass is 9.70. The summed E-state index contributed by atoms with van der Waals surface area (Å²) in [5, 5.41) is 22.7. The first-order valence-corrected chi connectivity index (χ1v) is 16.0. The molecule has 2 aromatic heterocycles. The van der Waals surface area contributed by atoms with Gasteiger partial charge < -0.3 is 10.2 Å². The van der Waals surface area contributed by atoms with Crippen molar-refractivity contribution in [2.45, 2.75) is 124 Å². The van der Waals surface area contributed by atoms with Crippen LogP contribution in [0.25, 0.3) is 5.57 Å². The number of aliphatic hydroxyl groups is 2. The van der Waals surface area contributed by atoms with Gasteiger partial charge in [0.15, 0.2) is 0 Å². The molecule has 0 saturated heterocycles. The fraction of sp³-hybridized carbons (Fsp3) is 0.647. The number of rotatable bonds is 4. The van der Waals surface area contributed by atoms with Crippen LogP contribution in [-0.4, -0.2) is 32.4 Å². The lowest BCUT2D eigenvalue weighted by molar-refractivity contribution is -0.137. The third-order valence-electron chi connectivity index (χ3n) is 8.11. The molecule has 0 aliphatic heterocycles. The van der Waals surface area contributed by atoms with Crippen LogP contribution in [0.5, 0.6) is 0 Å². The summed E-state index contributed by atoms with van der Waals surface area (Å²) in [6, 6.07) is 1.97. The Bertz CT molecular complexity index is 1280. The standard InChI is InChI=1S/C27H31F5N2O2.C6H14.CH4S/c1-14(2)23-22(24(36)17-6-5-16(13-33-17)27(30,31)32)20(15-7-9-26(28,29)10-8-15)21-18(34-23)11-25(3,4)12-19(21)35;1-5-6(2,3)4;1-2/h5-7,13-14,19,24,35-36H,8-12H2,1-4H3;5H2,1-4H3;2H,1H3/t19?,24-;;/m0../s1. The Morgan fingerprint density at radius 3 is 2.11 bits per heavy atom. The van der Waals surface area contributed by atoms with Gasteiger partial charge in [-0.15, -0.1) is 0 Å². The second kappa shape index (κ2) is 14.6. The van der Waals surface area contributed by atoms with Crippen LogP contribution in [0, 0.1) is 10.8 Å². The van der Waals surface area contributed by atoms with E-state index >= 15 is 0 Å². The predicted octanol–water partition coefficient (Wildman–Crippen LogP) is 9.90. The maximum Gasteiger partial charge on any atom is 0.417 e. The summed E-state index contributed by atoms with van der Waals surface area (Å²) >= 11 is 3.53. The van der Waals surface area contributed by atoms with Crippen molar-refractivity contribution in [3.05, 3.63) is 63.7 Å². The van der Waals surface area contributed by atoms with Crippen molar-refractivity contribution in [2.75, 3.05) is 6.26 Å². The fourth-order valence-electron chi connectivity index (χ4n) is 5.29. The molecule has 0 amide bonds. The zero-order chi connectivity index (χ0) is 33.8. The van der Waals surface area contributed by atoms with Crippen LogP contribution in [0.4, 0.5) is 22.0 Å². The number of fused-ring (bicyclic) bond motifs is 1. The molecule has 0 spiro atoms. The molecule has 2 aliphatic rings. The lowest BCUT2D eigenvalue weighted by Gasteiger charge is -2.38. The van der Waals surface area contributed by atoms with Gasteiger partial charge in [-0.05, 0) is 65.5 Å². The molecule has 0 saturated carbocycles. The van der Waals surface area contributed by atoms with E-state index in [-0.39, 0.29) is 29.9 Å². The molecule has 2 heterocycles. The van der Waals surface area contributed by atoms with Crippen molar-refractivity contribution in [2.24, 2.45) is 10.8 Å². The highest BCUT2D eigenvalue weighted by Crippen LogP contribution is 2.49. The van der Waals surface area contributed by atoms with Crippen molar-refractivity contribution >= 4 is 18.2 Å². The van der Waals surface area contributed by atoms with Crippen molar-refractivity contribution in [3.63, 3.8) is 0 Å². The summed E-state index contributed by atoms with van der Waals surface area (Å²) in [7, 11) is 0. The third-order valence-corrected chi connectivity index (χ3v) is 8.11. The smallest absolute Gasteiger partial charge is 0.388 e. The molecule has 2 aromatic rings. The number of hydrogen-bond acceptors (Lipinski definition) is 5. The zero-order valence-corrected chi connectivity index (χ0v) is 28.3. The van der Waals surface area contributed by atoms with E-state index in [1.54, 1.807) is 6.26 Å². The van der Waals surface area contributed by atoms with Gasteiger partial charge in [0.2, 0.25) is 0 Å². The van der Waals surface area contributed by atoms with Crippen molar-refractivity contribution in [3.8, 4) is 0 Å². The molecule has 0 fully saturated rings. The first-order chi connectivity index (χ1) is 20.2. The number of hydrogen-bond donors (Lipinski definition) is 3. The Balaban J connectivity index is 0.000000755. The van der Waals surface area contributed by atoms with Crippen molar-refractivity contribution in [1.82, 2.24) is 9.97 Å². The van der Waals surface area contributed by atoms with Gasteiger partial charge in [0.05, 0.1) is 23.1 Å². The van der Waals surface area contributed by atoms with E-state index in [1.165, 1.54) is 12.5 Å². The Kier molecular flexibility index (Phi) is 12.6. The van der Waals surface area contributed by atoms with Gasteiger partial charge in [0.1, 0.15) is 6.10 Å². The number of aliphatic hydroxyl groups excluding tert-OH is 2. The number of thiol groups is 1. The molecule has 2 atom stereocenters. The van der Waals surface area contributed by atoms with E-state index in [4.69, 9.17) is 4.98 Å². The Morgan fingerprint density at radius 1 is 1.09 bits per heavy atom. The summed E-state index contributed by atoms with van der Waals surface area (Å²) in [5.41, 5.74) is 2.41. The first-order valence-electron chi connectivity index (χ1n) is 15.1. The van der Waals surface area contributed by atoms with Gasteiger partial charge in [-0.3, -0.25) is 9.97 Å². The summed E-state index contributed by atoms with van der Waals surface area (Å²) < 4.78 is 67.2. The lowest BCUT2D eigenvalue weighted by Crippen LogP contribution is -2.30. The van der Waals surface area contributed by atoms with Crippen LogP contribution in [-0.2, 0) is 12.6 Å². The monoisotopic (exact) mass is 644 g/mol. The zero-order valence-electron chi connectivity index (χ0n) is 27.4. The molecule has 1 unspecified atom stereocenters. The van der Waals surface area contributed by atoms with Crippen LogP contribution in [0.2, 0.25) is 0 Å². The van der Waals surface area contributed by atoms with Crippen LogP contribution in [0.3, 0.4) is 0 Å². The number of allylic oxidation sites excluding steroid dienone is 2. The largest absolute Gasteiger partial charge is 0.417 e. The summed E-state index contributed by atoms with van der Waals surface area (Å²) in [6.45, 7) is 16.7. The minimum absolute atomic E-state index is 0.0136. The maximum absolute atomic E-state index is 14.0. The molecule has 0 radical (unpaired) electrons. The maximum atomic E-state index is 14.0. The van der Waals surface area contributed by atoms with E-state index in [0.717, 1.165) is 12.1 Å². The average Bonchev–Trinajstić information content (AvgIpc) is 2.91. The highest BCUT2D eigenvalue weighted by molar-refractivity contribution is 7.79. The molecule has 0 aromatic carbocycles. The number of nitrogens with zero attached hydrogens (tertiary/aromatic N) is 2. The van der Waals surface area contributed by atoms with Crippen LogP contribution >= 0.6 is 12.6 Å². The molecule has 2 aliphatic carbocycles. The molecule has 44 heavy (non-hydrogen) atoms. The average molecular weight is 645 g/mol. The molecule has 4 rings (SSSR count). The molecule has 10 heteroatoms. The van der Waals surface area contributed by atoms with Gasteiger partial charge in [0, 0.05) is 35.9 Å². The second-order valence-electron chi connectivity index (χ2n) is 13.9. The molecule has 2 N–H and O–H groups in total. The molecule has 4 nitrogen and oxygen atoms in total. The van der Waals surface area contributed by atoms with E-state index < -0.39 is 36.3 Å². The molecule has 248 valence electrons. The number of halogens is 5. The van der Waals surface area contributed by atoms with Crippen LogP contribution in [0.15, 0.2) is 24.4 Å². The molecule has 0 bridgehead atoms. The Hall–Kier alpha value is -2.04. The summed E-state index contributed by atoms with van der Waals surface area (Å²) in [6.07, 6.45) is -1.70. The predicted molar refractivity (Wildman–Crippen MR) is 170 cm³/mol. The highest BCUT2D eigenvalue weighted by Gasteiger charge is 2.40. The quantitative estimate of drug-likeness (QED) is 0.229.